The Kier molecular flexibility index (Phi) is 6.28. The zero-order valence-electron chi connectivity index (χ0n) is 12.0. The quantitative estimate of drug-likeness (QED) is 0.262. The first-order chi connectivity index (χ1) is 9.42. The molecule has 0 aliphatic carbocycles. The lowest BCUT2D eigenvalue weighted by Crippen LogP contribution is -2.14. The Labute approximate surface area is 128 Å². The summed E-state index contributed by atoms with van der Waals surface area (Å²) < 4.78 is 0.738. The zero-order valence-corrected chi connectivity index (χ0v) is 13.6. The van der Waals surface area contributed by atoms with Crippen molar-refractivity contribution in [1.82, 2.24) is 9.97 Å². The summed E-state index contributed by atoms with van der Waals surface area (Å²) in [6.07, 6.45) is 3.17. The van der Waals surface area contributed by atoms with E-state index in [1.807, 2.05) is 0 Å². The molecular weight excluding hydrogens is 296 g/mol. The molecule has 6 nitrogen and oxygen atoms in total. The standard InChI is InChI=1S/C12H18N4O2S2/c1-5-8(6-2)12(19)20-11-9(16(17)18)10(15(3)4)13-7-14-11/h7-8H,5-6H2,1-4H3. The SMILES string of the molecule is CCC(CC)C(=S)Sc1ncnc(N(C)C)c1[N+](=O)[O-]. The third-order valence-electron chi connectivity index (χ3n) is 2.89. The van der Waals surface area contributed by atoms with E-state index in [9.17, 15) is 10.1 Å². The smallest absolute Gasteiger partial charge is 0.343 e. The summed E-state index contributed by atoms with van der Waals surface area (Å²) in [5.74, 6) is 0.548. The van der Waals surface area contributed by atoms with E-state index in [1.165, 1.54) is 18.1 Å². The van der Waals surface area contributed by atoms with Crippen molar-refractivity contribution in [3.8, 4) is 0 Å². The molecule has 0 bridgehead atoms. The average Bonchev–Trinajstić information content (AvgIpc) is 2.39. The number of hydrogen-bond acceptors (Lipinski definition) is 7. The highest BCUT2D eigenvalue weighted by Crippen LogP contribution is 2.36. The molecule has 0 aliphatic rings. The molecule has 20 heavy (non-hydrogen) atoms. The Morgan fingerprint density at radius 1 is 1.45 bits per heavy atom. The fourth-order valence-corrected chi connectivity index (χ4v) is 3.34. The van der Waals surface area contributed by atoms with E-state index in [2.05, 4.69) is 23.8 Å². The number of rotatable bonds is 6. The van der Waals surface area contributed by atoms with Crippen LogP contribution in [0.5, 0.6) is 0 Å². The largest absolute Gasteiger partial charge is 0.357 e. The van der Waals surface area contributed by atoms with Crippen LogP contribution in [-0.2, 0) is 0 Å². The number of aromatic nitrogens is 2. The minimum Gasteiger partial charge on any atom is -0.357 e. The number of thiocarbonyl (C=S) groups is 1. The molecule has 0 aromatic carbocycles. The lowest BCUT2D eigenvalue weighted by Gasteiger charge is -2.15. The molecule has 1 aromatic rings. The van der Waals surface area contributed by atoms with Gasteiger partial charge in [-0.1, -0.05) is 37.8 Å². The predicted octanol–water partition coefficient (Wildman–Crippen LogP) is 3.31. The Morgan fingerprint density at radius 2 is 2.05 bits per heavy atom. The topological polar surface area (TPSA) is 72.2 Å². The van der Waals surface area contributed by atoms with Gasteiger partial charge in [0.15, 0.2) is 5.03 Å². The minimum absolute atomic E-state index is 0.0872. The Balaban J connectivity index is 3.15. The zero-order chi connectivity index (χ0) is 15.3. The molecular formula is C12H18N4O2S2. The average molecular weight is 314 g/mol. The molecule has 0 saturated heterocycles. The third kappa shape index (κ3) is 3.86. The van der Waals surface area contributed by atoms with Gasteiger partial charge < -0.3 is 4.90 Å². The van der Waals surface area contributed by atoms with Crippen LogP contribution in [0.1, 0.15) is 26.7 Å². The third-order valence-corrected chi connectivity index (χ3v) is 4.50. The van der Waals surface area contributed by atoms with Gasteiger partial charge in [0.2, 0.25) is 5.82 Å². The Morgan fingerprint density at radius 3 is 2.50 bits per heavy atom. The second kappa shape index (κ2) is 7.49. The molecule has 0 amide bonds. The van der Waals surface area contributed by atoms with Gasteiger partial charge in [-0.3, -0.25) is 10.1 Å². The van der Waals surface area contributed by atoms with Crippen molar-refractivity contribution in [3.05, 3.63) is 16.4 Å². The minimum atomic E-state index is -0.451. The normalized spacial score (nSPS) is 10.7. The van der Waals surface area contributed by atoms with E-state index in [-0.39, 0.29) is 11.6 Å². The number of thioether (sulfide) groups is 1. The van der Waals surface area contributed by atoms with Crippen LogP contribution in [0.15, 0.2) is 11.4 Å². The van der Waals surface area contributed by atoms with E-state index < -0.39 is 4.92 Å². The lowest BCUT2D eigenvalue weighted by molar-refractivity contribution is -0.387. The molecule has 1 rings (SSSR count). The van der Waals surface area contributed by atoms with Crippen LogP contribution in [0, 0.1) is 16.0 Å². The highest BCUT2D eigenvalue weighted by atomic mass is 32.2. The van der Waals surface area contributed by atoms with Crippen molar-refractivity contribution in [3.63, 3.8) is 0 Å². The van der Waals surface area contributed by atoms with Gasteiger partial charge in [0.05, 0.1) is 9.12 Å². The Bertz CT molecular complexity index is 504. The van der Waals surface area contributed by atoms with Gasteiger partial charge in [-0.2, -0.15) is 0 Å². The van der Waals surface area contributed by atoms with Crippen molar-refractivity contribution in [2.45, 2.75) is 31.7 Å². The number of nitrogens with zero attached hydrogens (tertiary/aromatic N) is 4. The molecule has 0 atom stereocenters. The second-order valence-corrected chi connectivity index (χ2v) is 6.17. The maximum absolute atomic E-state index is 11.3. The van der Waals surface area contributed by atoms with Crippen molar-refractivity contribution >= 4 is 39.7 Å². The van der Waals surface area contributed by atoms with Crippen LogP contribution in [0.3, 0.4) is 0 Å². The van der Waals surface area contributed by atoms with Crippen LogP contribution in [-0.4, -0.2) is 33.2 Å². The van der Waals surface area contributed by atoms with E-state index in [0.717, 1.165) is 17.0 Å². The van der Waals surface area contributed by atoms with Crippen molar-refractivity contribution in [2.75, 3.05) is 19.0 Å². The fraction of sp³-hybridized carbons (Fsp3) is 0.583. The number of hydrogen-bond donors (Lipinski definition) is 0. The van der Waals surface area contributed by atoms with Crippen molar-refractivity contribution < 1.29 is 4.92 Å². The maximum atomic E-state index is 11.3. The van der Waals surface area contributed by atoms with Gasteiger partial charge in [0.1, 0.15) is 6.33 Å². The van der Waals surface area contributed by atoms with E-state index in [4.69, 9.17) is 12.2 Å². The summed E-state index contributed by atoms with van der Waals surface area (Å²) >= 11 is 6.58. The lowest BCUT2D eigenvalue weighted by atomic mass is 10.1. The van der Waals surface area contributed by atoms with Crippen LogP contribution < -0.4 is 4.90 Å². The van der Waals surface area contributed by atoms with Gasteiger partial charge >= 0.3 is 5.69 Å². The van der Waals surface area contributed by atoms with E-state index >= 15 is 0 Å². The first-order valence-electron chi connectivity index (χ1n) is 6.30. The molecule has 1 heterocycles. The number of anilines is 1. The summed E-state index contributed by atoms with van der Waals surface area (Å²) in [5.41, 5.74) is -0.0872. The molecule has 0 fully saturated rings. The predicted molar refractivity (Wildman–Crippen MR) is 85.5 cm³/mol. The van der Waals surface area contributed by atoms with Crippen LogP contribution in [0.25, 0.3) is 0 Å². The molecule has 0 spiro atoms. The molecule has 0 aliphatic heterocycles. The molecule has 110 valence electrons. The van der Waals surface area contributed by atoms with Gasteiger partial charge in [0.25, 0.3) is 0 Å². The summed E-state index contributed by atoms with van der Waals surface area (Å²) in [7, 11) is 3.42. The molecule has 0 radical (unpaired) electrons. The van der Waals surface area contributed by atoms with Crippen LogP contribution >= 0.6 is 24.0 Å². The molecule has 0 unspecified atom stereocenters. The maximum Gasteiger partial charge on any atom is 0.343 e. The monoisotopic (exact) mass is 314 g/mol. The van der Waals surface area contributed by atoms with Gasteiger partial charge in [-0.15, -0.1) is 0 Å². The summed E-state index contributed by atoms with van der Waals surface area (Å²) in [5, 5.41) is 11.6. The highest BCUT2D eigenvalue weighted by molar-refractivity contribution is 8.23. The van der Waals surface area contributed by atoms with Gasteiger partial charge in [-0.05, 0) is 12.8 Å². The van der Waals surface area contributed by atoms with Gasteiger partial charge in [-0.25, -0.2) is 9.97 Å². The number of nitro groups is 1. The summed E-state index contributed by atoms with van der Waals surface area (Å²) in [6.45, 7) is 4.11. The highest BCUT2D eigenvalue weighted by Gasteiger charge is 2.26. The first-order valence-corrected chi connectivity index (χ1v) is 7.53. The van der Waals surface area contributed by atoms with Crippen molar-refractivity contribution in [2.24, 2.45) is 5.92 Å². The van der Waals surface area contributed by atoms with Gasteiger partial charge in [0, 0.05) is 20.0 Å². The molecule has 8 heteroatoms. The molecule has 0 saturated carbocycles. The van der Waals surface area contributed by atoms with E-state index in [1.54, 1.807) is 19.0 Å². The summed E-state index contributed by atoms with van der Waals surface area (Å²) in [4.78, 5) is 20.4. The van der Waals surface area contributed by atoms with Crippen molar-refractivity contribution in [1.29, 1.82) is 0 Å². The fourth-order valence-electron chi connectivity index (χ4n) is 1.72. The Hall–Kier alpha value is -1.28. The molecule has 1 aromatic heterocycles. The summed E-state index contributed by atoms with van der Waals surface area (Å²) in [6, 6.07) is 0. The molecule has 0 N–H and O–H groups in total. The van der Waals surface area contributed by atoms with Crippen LogP contribution in [0.2, 0.25) is 0 Å². The second-order valence-electron chi connectivity index (χ2n) is 4.44. The van der Waals surface area contributed by atoms with E-state index in [0.29, 0.717) is 10.8 Å². The van der Waals surface area contributed by atoms with Crippen LogP contribution in [0.4, 0.5) is 11.5 Å². The first kappa shape index (κ1) is 16.8.